The molecule has 0 bridgehead atoms. The maximum absolute atomic E-state index is 12.9. The molecule has 4 aromatic rings. The molecule has 12 heteroatoms. The maximum atomic E-state index is 12.9. The highest BCUT2D eigenvalue weighted by atomic mass is 35.5. The number of hydrazone groups is 1. The Labute approximate surface area is 230 Å². The molecule has 0 fully saturated rings. The molecular formula is C26H19Cl2F3N4O2S. The lowest BCUT2D eigenvalue weighted by Crippen LogP contribution is -2.19. The number of ether oxygens (including phenoxy) is 1. The van der Waals surface area contributed by atoms with Crippen LogP contribution in [0.1, 0.15) is 22.4 Å². The number of rotatable bonds is 9. The summed E-state index contributed by atoms with van der Waals surface area (Å²) in [5, 5.41) is 9.74. The molecule has 0 unspecified atom stereocenters. The van der Waals surface area contributed by atoms with E-state index in [4.69, 9.17) is 27.9 Å². The Bertz CT molecular complexity index is 1440. The molecule has 0 aliphatic rings. The van der Waals surface area contributed by atoms with Crippen molar-refractivity contribution in [3.05, 3.63) is 105 Å². The van der Waals surface area contributed by atoms with Crippen LogP contribution in [0.15, 0.2) is 77.2 Å². The first-order valence-corrected chi connectivity index (χ1v) is 12.7. The van der Waals surface area contributed by atoms with Gasteiger partial charge in [-0.1, -0.05) is 35.3 Å². The highest BCUT2D eigenvalue weighted by Crippen LogP contribution is 2.32. The number of benzene rings is 3. The summed E-state index contributed by atoms with van der Waals surface area (Å²) in [6.07, 6.45) is -2.99. The minimum atomic E-state index is -4.44. The van der Waals surface area contributed by atoms with Crippen LogP contribution in [0.25, 0.3) is 0 Å². The van der Waals surface area contributed by atoms with Gasteiger partial charge in [0, 0.05) is 11.1 Å². The first-order valence-electron chi connectivity index (χ1n) is 11.0. The number of nitrogens with one attached hydrogen (secondary N) is 2. The van der Waals surface area contributed by atoms with Crippen LogP contribution in [0.2, 0.25) is 10.0 Å². The van der Waals surface area contributed by atoms with Crippen molar-refractivity contribution in [1.29, 1.82) is 0 Å². The molecule has 1 aromatic heterocycles. The van der Waals surface area contributed by atoms with Gasteiger partial charge in [-0.2, -0.15) is 18.3 Å². The summed E-state index contributed by atoms with van der Waals surface area (Å²) in [5.41, 5.74) is 4.00. The van der Waals surface area contributed by atoms with Gasteiger partial charge in [0.15, 0.2) is 5.13 Å². The van der Waals surface area contributed by atoms with Crippen LogP contribution in [-0.2, 0) is 24.0 Å². The van der Waals surface area contributed by atoms with Gasteiger partial charge >= 0.3 is 6.18 Å². The normalized spacial score (nSPS) is 11.5. The largest absolute Gasteiger partial charge is 0.489 e. The zero-order valence-corrected chi connectivity index (χ0v) is 21.8. The topological polar surface area (TPSA) is 75.6 Å². The number of carbonyl (C=O) groups is 1. The predicted octanol–water partition coefficient (Wildman–Crippen LogP) is 7.48. The van der Waals surface area contributed by atoms with E-state index in [1.165, 1.54) is 29.7 Å². The smallest absolute Gasteiger partial charge is 0.416 e. The fourth-order valence-electron chi connectivity index (χ4n) is 3.17. The molecule has 1 heterocycles. The van der Waals surface area contributed by atoms with Gasteiger partial charge in [0.25, 0.3) is 0 Å². The van der Waals surface area contributed by atoms with E-state index in [-0.39, 0.29) is 12.1 Å². The monoisotopic (exact) mass is 578 g/mol. The van der Waals surface area contributed by atoms with Crippen molar-refractivity contribution >= 4 is 57.5 Å². The van der Waals surface area contributed by atoms with E-state index in [9.17, 15) is 18.0 Å². The van der Waals surface area contributed by atoms with E-state index in [0.29, 0.717) is 33.2 Å². The first kappa shape index (κ1) is 27.4. The minimum absolute atomic E-state index is 0.0421. The third-order valence-electron chi connectivity index (χ3n) is 5.01. The van der Waals surface area contributed by atoms with E-state index in [1.54, 1.807) is 41.8 Å². The fraction of sp³-hybridized carbons (Fsp3) is 0.115. The number of halogens is 5. The third-order valence-corrected chi connectivity index (χ3v) is 6.55. The van der Waals surface area contributed by atoms with Gasteiger partial charge in [0.2, 0.25) is 5.91 Å². The van der Waals surface area contributed by atoms with Crippen molar-refractivity contribution in [2.75, 3.05) is 5.32 Å². The van der Waals surface area contributed by atoms with Crippen molar-refractivity contribution in [2.45, 2.75) is 19.2 Å². The zero-order chi connectivity index (χ0) is 27.1. The van der Waals surface area contributed by atoms with E-state index in [0.717, 1.165) is 23.3 Å². The number of nitrogens with zero attached hydrogens (tertiary/aromatic N) is 2. The standard InChI is InChI=1S/C26H19Cl2F3N4O2S/c27-22-9-6-17(10-23(22)28)14-37-21-7-4-16(5-8-21)13-32-35-24(36)12-20-15-38-25(34-20)33-19-3-1-2-18(11-19)26(29,30)31/h1-11,13,15H,12,14H2,(H,33,34)(H,35,36)/b32-13-. The van der Waals surface area contributed by atoms with Crippen LogP contribution in [0, 0.1) is 0 Å². The van der Waals surface area contributed by atoms with Crippen molar-refractivity contribution < 1.29 is 22.7 Å². The van der Waals surface area contributed by atoms with Gasteiger partial charge in [-0.05, 0) is 65.7 Å². The number of aromatic nitrogens is 1. The average molecular weight is 579 g/mol. The summed E-state index contributed by atoms with van der Waals surface area (Å²) in [5.74, 6) is 0.258. The Morgan fingerprint density at radius 1 is 1.05 bits per heavy atom. The second-order valence-corrected chi connectivity index (χ2v) is 9.60. The van der Waals surface area contributed by atoms with Crippen molar-refractivity contribution in [3.63, 3.8) is 0 Å². The van der Waals surface area contributed by atoms with Crippen LogP contribution < -0.4 is 15.5 Å². The summed E-state index contributed by atoms with van der Waals surface area (Å²) in [7, 11) is 0. The number of anilines is 2. The number of hydrogen-bond donors (Lipinski definition) is 2. The second-order valence-electron chi connectivity index (χ2n) is 7.92. The van der Waals surface area contributed by atoms with Crippen LogP contribution in [0.3, 0.4) is 0 Å². The number of amides is 1. The quantitative estimate of drug-likeness (QED) is 0.159. The maximum Gasteiger partial charge on any atom is 0.416 e. The molecular weight excluding hydrogens is 560 g/mol. The molecule has 0 atom stereocenters. The molecule has 0 aliphatic heterocycles. The lowest BCUT2D eigenvalue weighted by atomic mass is 10.2. The summed E-state index contributed by atoms with van der Waals surface area (Å²) in [4.78, 5) is 16.4. The minimum Gasteiger partial charge on any atom is -0.489 e. The molecule has 38 heavy (non-hydrogen) atoms. The van der Waals surface area contributed by atoms with Crippen LogP contribution in [-0.4, -0.2) is 17.1 Å². The van der Waals surface area contributed by atoms with E-state index >= 15 is 0 Å². The van der Waals surface area contributed by atoms with Crippen molar-refractivity contribution in [2.24, 2.45) is 5.10 Å². The Morgan fingerprint density at radius 2 is 1.84 bits per heavy atom. The Balaban J connectivity index is 1.23. The molecule has 1 amide bonds. The summed E-state index contributed by atoms with van der Waals surface area (Å²) in [6.45, 7) is 0.328. The molecule has 6 nitrogen and oxygen atoms in total. The van der Waals surface area contributed by atoms with E-state index in [2.05, 4.69) is 20.8 Å². The fourth-order valence-corrected chi connectivity index (χ4v) is 4.22. The van der Waals surface area contributed by atoms with Gasteiger partial charge in [0.05, 0.1) is 33.9 Å². The molecule has 0 saturated carbocycles. The van der Waals surface area contributed by atoms with E-state index in [1.807, 2.05) is 6.07 Å². The molecule has 0 saturated heterocycles. The molecule has 2 N–H and O–H groups in total. The van der Waals surface area contributed by atoms with Gasteiger partial charge in [0.1, 0.15) is 12.4 Å². The Hall–Kier alpha value is -3.60. The second kappa shape index (κ2) is 12.3. The number of carbonyl (C=O) groups excluding carboxylic acids is 1. The highest BCUT2D eigenvalue weighted by molar-refractivity contribution is 7.13. The Morgan fingerprint density at radius 3 is 2.58 bits per heavy atom. The zero-order valence-electron chi connectivity index (χ0n) is 19.4. The predicted molar refractivity (Wildman–Crippen MR) is 144 cm³/mol. The number of thiazole rings is 1. The average Bonchev–Trinajstić information content (AvgIpc) is 3.31. The van der Waals surface area contributed by atoms with E-state index < -0.39 is 17.6 Å². The highest BCUT2D eigenvalue weighted by Gasteiger charge is 2.30. The lowest BCUT2D eigenvalue weighted by Gasteiger charge is -2.08. The molecule has 0 aliphatic carbocycles. The molecule has 196 valence electrons. The number of alkyl halides is 3. The van der Waals surface area contributed by atoms with Gasteiger partial charge in [-0.25, -0.2) is 10.4 Å². The SMILES string of the molecule is O=C(Cc1csc(Nc2cccc(C(F)(F)F)c2)n1)N/N=C\c1ccc(OCc2ccc(Cl)c(Cl)c2)cc1. The molecule has 3 aromatic carbocycles. The number of hydrogen-bond acceptors (Lipinski definition) is 6. The van der Waals surface area contributed by atoms with Crippen LogP contribution >= 0.6 is 34.5 Å². The van der Waals surface area contributed by atoms with Gasteiger partial charge in [-0.15, -0.1) is 11.3 Å². The van der Waals surface area contributed by atoms with Crippen molar-refractivity contribution in [3.8, 4) is 5.75 Å². The molecule has 0 radical (unpaired) electrons. The molecule has 4 rings (SSSR count). The Kier molecular flexibility index (Phi) is 8.88. The molecule has 0 spiro atoms. The summed E-state index contributed by atoms with van der Waals surface area (Å²) >= 11 is 13.1. The van der Waals surface area contributed by atoms with Crippen molar-refractivity contribution in [1.82, 2.24) is 10.4 Å². The third kappa shape index (κ3) is 7.95. The summed E-state index contributed by atoms with van der Waals surface area (Å²) < 4.78 is 44.4. The van der Waals surface area contributed by atoms with Crippen LogP contribution in [0.4, 0.5) is 24.0 Å². The lowest BCUT2D eigenvalue weighted by molar-refractivity contribution is -0.137. The first-order chi connectivity index (χ1) is 18.2. The van der Waals surface area contributed by atoms with Gasteiger partial charge < -0.3 is 10.1 Å². The summed E-state index contributed by atoms with van der Waals surface area (Å²) in [6, 6.07) is 17.2. The van der Waals surface area contributed by atoms with Crippen LogP contribution in [0.5, 0.6) is 5.75 Å². The van der Waals surface area contributed by atoms with Gasteiger partial charge in [-0.3, -0.25) is 4.79 Å².